The van der Waals surface area contributed by atoms with E-state index in [0.29, 0.717) is 12.0 Å². The second-order valence-corrected chi connectivity index (χ2v) is 10.6. The van der Waals surface area contributed by atoms with Gasteiger partial charge in [0.2, 0.25) is 15.6 Å². The molecule has 2 N–H and O–H groups in total. The number of sulfonamides is 1. The summed E-state index contributed by atoms with van der Waals surface area (Å²) >= 11 is 0. The number of aryl methyl sites for hydroxylation is 2. The molecule has 0 bridgehead atoms. The topological polar surface area (TPSA) is 112 Å². The van der Waals surface area contributed by atoms with E-state index in [-0.39, 0.29) is 22.2 Å². The van der Waals surface area contributed by atoms with Gasteiger partial charge >= 0.3 is 0 Å². The molecule has 0 amide bonds. The normalized spacial score (nSPS) is 13.2. The van der Waals surface area contributed by atoms with Crippen LogP contribution >= 0.6 is 0 Å². The maximum atomic E-state index is 13.9. The monoisotopic (exact) mass is 519 g/mol. The van der Waals surface area contributed by atoms with Crippen molar-refractivity contribution >= 4 is 10.0 Å². The lowest BCUT2D eigenvalue weighted by Gasteiger charge is -2.23. The van der Waals surface area contributed by atoms with E-state index in [1.807, 2.05) is 31.2 Å². The maximum Gasteiger partial charge on any atom is 0.250 e. The minimum Gasteiger partial charge on any atom is -0.318 e. The summed E-state index contributed by atoms with van der Waals surface area (Å²) in [6.07, 6.45) is 1.92. The highest BCUT2D eigenvalue weighted by molar-refractivity contribution is 7.89. The molecule has 0 saturated carbocycles. The van der Waals surface area contributed by atoms with Crippen molar-refractivity contribution in [2.75, 3.05) is 0 Å². The summed E-state index contributed by atoms with van der Waals surface area (Å²) < 4.78 is 38.4. The fraction of sp³-hybridized carbons (Fsp3) is 0.179. The summed E-state index contributed by atoms with van der Waals surface area (Å²) in [7, 11) is -2.17. The molecule has 3 aromatic carbocycles. The molecule has 4 rings (SSSR count). The largest absolute Gasteiger partial charge is 0.318 e. The second-order valence-electron chi connectivity index (χ2n) is 9.01. The van der Waals surface area contributed by atoms with Gasteiger partial charge in [0.1, 0.15) is 11.9 Å². The average molecular weight is 520 g/mol. The molecule has 0 fully saturated rings. The molecule has 0 spiro atoms. The molecule has 190 valence electrons. The van der Waals surface area contributed by atoms with Crippen molar-refractivity contribution in [3.8, 4) is 11.1 Å². The zero-order valence-corrected chi connectivity index (χ0v) is 21.2. The molecule has 2 unspecified atom stereocenters. The molecule has 0 aliphatic carbocycles. The van der Waals surface area contributed by atoms with Gasteiger partial charge in [-0.05, 0) is 77.1 Å². The number of hydrogen-bond acceptors (Lipinski definition) is 5. The highest BCUT2D eigenvalue weighted by Gasteiger charge is 2.24. The van der Waals surface area contributed by atoms with E-state index >= 15 is 0 Å². The van der Waals surface area contributed by atoms with Crippen molar-refractivity contribution in [2.45, 2.75) is 30.2 Å². The fourth-order valence-corrected chi connectivity index (χ4v) is 5.01. The summed E-state index contributed by atoms with van der Waals surface area (Å²) in [5.74, 6) is -0.624. The number of nitrogens with zero attached hydrogens (tertiary/aromatic N) is 2. The van der Waals surface area contributed by atoms with Gasteiger partial charge in [0.15, 0.2) is 0 Å². The smallest absolute Gasteiger partial charge is 0.250 e. The van der Waals surface area contributed by atoms with Crippen LogP contribution in [0.3, 0.4) is 0 Å². The molecule has 0 saturated heterocycles. The standard InChI is InChI=1S/C28H26FN3O4S/c1-18-15-23(29)10-13-25(18)26(16-27(31-34)22-9-14-28(33)32(2)17-22)21-5-3-19(4-6-21)20-7-11-24(12-8-20)37(30,35)36/h3-15,17,26-27H,16H2,1-2H3,(H2,30,35,36). The first-order chi connectivity index (χ1) is 17.6. The number of primary sulfonamides is 1. The van der Waals surface area contributed by atoms with Crippen LogP contribution < -0.4 is 10.7 Å². The Hall–Kier alpha value is -3.95. The number of hydrogen-bond donors (Lipinski definition) is 1. The zero-order valence-electron chi connectivity index (χ0n) is 20.3. The van der Waals surface area contributed by atoms with E-state index in [0.717, 1.165) is 27.8 Å². The first kappa shape index (κ1) is 26.1. The summed E-state index contributed by atoms with van der Waals surface area (Å²) in [6, 6.07) is 20.8. The Balaban J connectivity index is 1.71. The van der Waals surface area contributed by atoms with Gasteiger partial charge in [-0.1, -0.05) is 47.6 Å². The van der Waals surface area contributed by atoms with Gasteiger partial charge in [-0.25, -0.2) is 17.9 Å². The van der Waals surface area contributed by atoms with Crippen LogP contribution in [0.1, 0.15) is 40.6 Å². The number of nitrogens with two attached hydrogens (primary N) is 1. The summed E-state index contributed by atoms with van der Waals surface area (Å²) in [6.45, 7) is 1.82. The van der Waals surface area contributed by atoms with Crippen molar-refractivity contribution in [3.05, 3.63) is 128 Å². The molecule has 2 atom stereocenters. The lowest BCUT2D eigenvalue weighted by atomic mass is 9.82. The Morgan fingerprint density at radius 2 is 1.51 bits per heavy atom. The minimum atomic E-state index is -3.78. The molecule has 7 nitrogen and oxygen atoms in total. The SMILES string of the molecule is Cc1cc(F)ccc1C(CC(N=O)c1ccc(=O)n(C)c1)c1ccc(-c2ccc(S(N)(=O)=O)cc2)cc1. The molecule has 0 radical (unpaired) electrons. The van der Waals surface area contributed by atoms with Crippen molar-refractivity contribution in [1.82, 2.24) is 4.57 Å². The molecule has 9 heteroatoms. The van der Waals surface area contributed by atoms with E-state index in [4.69, 9.17) is 5.14 Å². The molecule has 1 heterocycles. The van der Waals surface area contributed by atoms with Crippen LogP contribution in [-0.4, -0.2) is 13.0 Å². The predicted octanol–water partition coefficient (Wildman–Crippen LogP) is 5.18. The second kappa shape index (κ2) is 10.6. The molecule has 37 heavy (non-hydrogen) atoms. The van der Waals surface area contributed by atoms with Crippen LogP contribution in [0.4, 0.5) is 4.39 Å². The highest BCUT2D eigenvalue weighted by atomic mass is 32.2. The van der Waals surface area contributed by atoms with Crippen LogP contribution in [0.2, 0.25) is 0 Å². The lowest BCUT2D eigenvalue weighted by molar-refractivity contribution is 0.583. The van der Waals surface area contributed by atoms with Gasteiger partial charge in [0, 0.05) is 25.2 Å². The van der Waals surface area contributed by atoms with Crippen LogP contribution in [0.5, 0.6) is 0 Å². The third kappa shape index (κ3) is 5.90. The van der Waals surface area contributed by atoms with Crippen LogP contribution in [0, 0.1) is 17.6 Å². The van der Waals surface area contributed by atoms with Crippen LogP contribution in [0.15, 0.2) is 99.9 Å². The molecule has 0 aliphatic rings. The van der Waals surface area contributed by atoms with Crippen molar-refractivity contribution in [3.63, 3.8) is 0 Å². The van der Waals surface area contributed by atoms with Gasteiger partial charge in [-0.3, -0.25) is 4.79 Å². The van der Waals surface area contributed by atoms with E-state index in [1.54, 1.807) is 37.5 Å². The summed E-state index contributed by atoms with van der Waals surface area (Å²) in [4.78, 5) is 23.8. The van der Waals surface area contributed by atoms with Gasteiger partial charge in [-0.15, -0.1) is 0 Å². The number of rotatable bonds is 8. The molecular weight excluding hydrogens is 493 g/mol. The molecular formula is C28H26FN3O4S. The van der Waals surface area contributed by atoms with Gasteiger partial charge < -0.3 is 4.57 Å². The Labute approximate surface area is 214 Å². The number of nitroso groups, excluding NO2 is 1. The number of benzene rings is 3. The molecule has 1 aromatic heterocycles. The van der Waals surface area contributed by atoms with Gasteiger partial charge in [-0.2, -0.15) is 4.91 Å². The number of pyridine rings is 1. The number of halogens is 1. The average Bonchev–Trinajstić information content (AvgIpc) is 2.87. The predicted molar refractivity (Wildman–Crippen MR) is 141 cm³/mol. The Morgan fingerprint density at radius 1 is 0.919 bits per heavy atom. The first-order valence-electron chi connectivity index (χ1n) is 11.5. The van der Waals surface area contributed by atoms with Crippen LogP contribution in [-0.2, 0) is 17.1 Å². The third-order valence-electron chi connectivity index (χ3n) is 6.52. The van der Waals surface area contributed by atoms with E-state index in [1.165, 1.54) is 34.9 Å². The van der Waals surface area contributed by atoms with Crippen LogP contribution in [0.25, 0.3) is 11.1 Å². The Bertz CT molecular complexity index is 1600. The number of aromatic nitrogens is 1. The van der Waals surface area contributed by atoms with Crippen molar-refractivity contribution in [1.29, 1.82) is 0 Å². The Kier molecular flexibility index (Phi) is 7.47. The fourth-order valence-electron chi connectivity index (χ4n) is 4.49. The van der Waals surface area contributed by atoms with Crippen molar-refractivity contribution in [2.24, 2.45) is 17.4 Å². The third-order valence-corrected chi connectivity index (χ3v) is 7.45. The minimum absolute atomic E-state index is 0.0329. The maximum absolute atomic E-state index is 13.9. The van der Waals surface area contributed by atoms with E-state index < -0.39 is 16.1 Å². The van der Waals surface area contributed by atoms with Gasteiger partial charge in [0.05, 0.1) is 4.90 Å². The summed E-state index contributed by atoms with van der Waals surface area (Å²) in [5.41, 5.74) is 4.62. The van der Waals surface area contributed by atoms with E-state index in [2.05, 4.69) is 5.18 Å². The quantitative estimate of drug-likeness (QED) is 0.323. The summed E-state index contributed by atoms with van der Waals surface area (Å²) in [5, 5.41) is 8.55. The molecule has 0 aliphatic heterocycles. The highest BCUT2D eigenvalue weighted by Crippen LogP contribution is 2.38. The van der Waals surface area contributed by atoms with E-state index in [9.17, 15) is 22.5 Å². The van der Waals surface area contributed by atoms with Crippen molar-refractivity contribution < 1.29 is 12.8 Å². The zero-order chi connectivity index (χ0) is 26.7. The van der Waals surface area contributed by atoms with Gasteiger partial charge in [0.25, 0.3) is 0 Å². The lowest BCUT2D eigenvalue weighted by Crippen LogP contribution is -2.16. The first-order valence-corrected chi connectivity index (χ1v) is 13.1. The Morgan fingerprint density at radius 3 is 2.05 bits per heavy atom. The molecule has 4 aromatic rings.